The molecule has 3 aromatic rings. The lowest BCUT2D eigenvalue weighted by Crippen LogP contribution is -1.93. The van der Waals surface area contributed by atoms with Gasteiger partial charge in [0.25, 0.3) is 11.1 Å². The van der Waals surface area contributed by atoms with E-state index in [1.165, 1.54) is 11.8 Å². The van der Waals surface area contributed by atoms with Gasteiger partial charge >= 0.3 is 0 Å². The third-order valence-corrected chi connectivity index (χ3v) is 4.13. The van der Waals surface area contributed by atoms with E-state index in [1.54, 1.807) is 6.07 Å². The van der Waals surface area contributed by atoms with E-state index >= 15 is 0 Å². The molecule has 0 spiro atoms. The molecule has 0 radical (unpaired) electrons. The Balaban J connectivity index is 1.73. The Morgan fingerprint density at radius 1 is 1.17 bits per heavy atom. The molecule has 0 saturated carbocycles. The molecule has 0 N–H and O–H groups in total. The maximum atomic E-state index is 8.94. The number of benzene rings is 2. The Hall–Kier alpha value is -2.78. The van der Waals surface area contributed by atoms with Crippen molar-refractivity contribution in [2.75, 3.05) is 6.61 Å². The smallest absolute Gasteiger partial charge is 0.277 e. The van der Waals surface area contributed by atoms with Crippen LogP contribution < -0.4 is 4.74 Å². The van der Waals surface area contributed by atoms with E-state index in [2.05, 4.69) is 16.3 Å². The molecule has 0 aliphatic rings. The Kier molecular flexibility index (Phi) is 5.14. The van der Waals surface area contributed by atoms with Crippen LogP contribution in [0, 0.1) is 11.3 Å². The van der Waals surface area contributed by atoms with Crippen LogP contribution in [-0.2, 0) is 5.75 Å². The molecule has 5 nitrogen and oxygen atoms in total. The molecule has 24 heavy (non-hydrogen) atoms. The topological polar surface area (TPSA) is 71.9 Å². The van der Waals surface area contributed by atoms with Gasteiger partial charge in [-0.15, -0.1) is 10.2 Å². The first-order valence-electron chi connectivity index (χ1n) is 7.47. The molecule has 0 fully saturated rings. The Morgan fingerprint density at radius 2 is 2.04 bits per heavy atom. The van der Waals surface area contributed by atoms with Crippen LogP contribution in [0.3, 0.4) is 0 Å². The molecule has 0 unspecified atom stereocenters. The van der Waals surface area contributed by atoms with Gasteiger partial charge in [0, 0.05) is 5.75 Å². The van der Waals surface area contributed by atoms with E-state index in [-0.39, 0.29) is 0 Å². The van der Waals surface area contributed by atoms with Gasteiger partial charge in [0.1, 0.15) is 5.75 Å². The van der Waals surface area contributed by atoms with Gasteiger partial charge in [0.2, 0.25) is 0 Å². The maximum absolute atomic E-state index is 8.94. The van der Waals surface area contributed by atoms with Crippen LogP contribution >= 0.6 is 11.8 Å². The van der Waals surface area contributed by atoms with Crippen LogP contribution in [0.5, 0.6) is 5.75 Å². The first-order valence-corrected chi connectivity index (χ1v) is 8.46. The largest absolute Gasteiger partial charge is 0.493 e. The summed E-state index contributed by atoms with van der Waals surface area (Å²) in [6.45, 7) is 2.50. The maximum Gasteiger partial charge on any atom is 0.277 e. The van der Waals surface area contributed by atoms with E-state index in [9.17, 15) is 0 Å². The van der Waals surface area contributed by atoms with Crippen molar-refractivity contribution in [3.05, 3.63) is 59.7 Å². The van der Waals surface area contributed by atoms with Gasteiger partial charge in [-0.25, -0.2) is 0 Å². The Bertz CT molecular complexity index is 870. The predicted molar refractivity (Wildman–Crippen MR) is 91.6 cm³/mol. The summed E-state index contributed by atoms with van der Waals surface area (Å²) in [6, 6.07) is 17.2. The number of thioether (sulfide) groups is 1. The van der Waals surface area contributed by atoms with E-state index < -0.39 is 0 Å². The van der Waals surface area contributed by atoms with E-state index in [0.717, 1.165) is 16.9 Å². The van der Waals surface area contributed by atoms with Crippen molar-refractivity contribution < 1.29 is 9.15 Å². The molecule has 0 aliphatic carbocycles. The molecule has 0 amide bonds. The second-order valence-electron chi connectivity index (χ2n) is 4.90. The highest BCUT2D eigenvalue weighted by Gasteiger charge is 2.13. The Labute approximate surface area is 144 Å². The highest BCUT2D eigenvalue weighted by molar-refractivity contribution is 7.98. The second-order valence-corrected chi connectivity index (χ2v) is 5.83. The van der Waals surface area contributed by atoms with Crippen molar-refractivity contribution in [3.63, 3.8) is 0 Å². The van der Waals surface area contributed by atoms with Crippen LogP contribution in [0.15, 0.2) is 58.2 Å². The first-order chi connectivity index (χ1) is 11.8. The van der Waals surface area contributed by atoms with Crippen molar-refractivity contribution in [2.45, 2.75) is 17.9 Å². The third-order valence-electron chi connectivity index (χ3n) is 3.24. The number of aromatic nitrogens is 2. The van der Waals surface area contributed by atoms with Crippen LogP contribution in [0.4, 0.5) is 0 Å². The summed E-state index contributed by atoms with van der Waals surface area (Å²) < 4.78 is 11.3. The van der Waals surface area contributed by atoms with Crippen molar-refractivity contribution in [3.8, 4) is 23.3 Å². The molecule has 120 valence electrons. The second kappa shape index (κ2) is 7.66. The fourth-order valence-electron chi connectivity index (χ4n) is 2.18. The summed E-state index contributed by atoms with van der Waals surface area (Å²) in [6.07, 6.45) is 0. The molecule has 3 rings (SSSR count). The zero-order valence-corrected chi connectivity index (χ0v) is 13.9. The minimum absolute atomic E-state index is 0.437. The van der Waals surface area contributed by atoms with Crippen molar-refractivity contribution in [1.82, 2.24) is 10.2 Å². The average molecular weight is 337 g/mol. The zero-order valence-electron chi connectivity index (χ0n) is 13.1. The lowest BCUT2D eigenvalue weighted by molar-refractivity contribution is 0.340. The van der Waals surface area contributed by atoms with Crippen LogP contribution in [0.25, 0.3) is 11.5 Å². The standard InChI is InChI=1S/C18H15N3O2S/c1-2-22-16-9-4-3-8-15(16)17-20-21-18(23-17)24-12-14-7-5-6-13(10-14)11-19/h3-10H,2,12H2,1H3. The summed E-state index contributed by atoms with van der Waals surface area (Å²) in [5.41, 5.74) is 2.46. The molecule has 0 bridgehead atoms. The molecular formula is C18H15N3O2S. The van der Waals surface area contributed by atoms with Crippen LogP contribution in [0.1, 0.15) is 18.1 Å². The minimum atomic E-state index is 0.437. The average Bonchev–Trinajstić information content (AvgIpc) is 3.10. The van der Waals surface area contributed by atoms with Crippen LogP contribution in [-0.4, -0.2) is 16.8 Å². The summed E-state index contributed by atoms with van der Waals surface area (Å²) >= 11 is 1.44. The van der Waals surface area contributed by atoms with Crippen LogP contribution in [0.2, 0.25) is 0 Å². The van der Waals surface area contributed by atoms with Gasteiger partial charge in [-0.2, -0.15) is 5.26 Å². The van der Waals surface area contributed by atoms with E-state index in [0.29, 0.717) is 29.0 Å². The zero-order chi connectivity index (χ0) is 16.8. The van der Waals surface area contributed by atoms with Crippen molar-refractivity contribution in [1.29, 1.82) is 5.26 Å². The van der Waals surface area contributed by atoms with Gasteiger partial charge in [-0.1, -0.05) is 36.0 Å². The lowest BCUT2D eigenvalue weighted by atomic mass is 10.2. The van der Waals surface area contributed by atoms with E-state index in [1.807, 2.05) is 49.4 Å². The fourth-order valence-corrected chi connectivity index (χ4v) is 2.88. The van der Waals surface area contributed by atoms with Gasteiger partial charge in [-0.05, 0) is 36.8 Å². The predicted octanol–water partition coefficient (Wildman–Crippen LogP) is 4.30. The number of nitrogens with zero attached hydrogens (tertiary/aromatic N) is 3. The SMILES string of the molecule is CCOc1ccccc1-c1nnc(SCc2cccc(C#N)c2)o1. The molecule has 0 saturated heterocycles. The van der Waals surface area contributed by atoms with Crippen molar-refractivity contribution >= 4 is 11.8 Å². The fraction of sp³-hybridized carbons (Fsp3) is 0.167. The van der Waals surface area contributed by atoms with Gasteiger partial charge in [-0.3, -0.25) is 0 Å². The first kappa shape index (κ1) is 16.1. The summed E-state index contributed by atoms with van der Waals surface area (Å²) in [5.74, 6) is 1.82. The number of rotatable bonds is 6. The molecular weight excluding hydrogens is 322 g/mol. The van der Waals surface area contributed by atoms with Gasteiger partial charge in [0.15, 0.2) is 0 Å². The quantitative estimate of drug-likeness (QED) is 0.625. The molecule has 6 heteroatoms. The number of nitriles is 1. The third kappa shape index (κ3) is 3.76. The molecule has 1 heterocycles. The summed E-state index contributed by atoms with van der Waals surface area (Å²) in [7, 11) is 0. The molecule has 2 aromatic carbocycles. The monoisotopic (exact) mass is 337 g/mol. The molecule has 1 aromatic heterocycles. The lowest BCUT2D eigenvalue weighted by Gasteiger charge is -2.06. The highest BCUT2D eigenvalue weighted by Crippen LogP contribution is 2.31. The highest BCUT2D eigenvalue weighted by atomic mass is 32.2. The van der Waals surface area contributed by atoms with Gasteiger partial charge < -0.3 is 9.15 Å². The Morgan fingerprint density at radius 3 is 2.88 bits per heavy atom. The number of ether oxygens (including phenoxy) is 1. The van der Waals surface area contributed by atoms with E-state index in [4.69, 9.17) is 14.4 Å². The number of hydrogen-bond donors (Lipinski definition) is 0. The van der Waals surface area contributed by atoms with Gasteiger partial charge in [0.05, 0.1) is 23.8 Å². The molecule has 0 atom stereocenters. The number of hydrogen-bond acceptors (Lipinski definition) is 6. The summed E-state index contributed by atoms with van der Waals surface area (Å²) in [5, 5.41) is 17.6. The normalized spacial score (nSPS) is 10.3. The summed E-state index contributed by atoms with van der Waals surface area (Å²) in [4.78, 5) is 0. The number of para-hydroxylation sites is 1. The van der Waals surface area contributed by atoms with Crippen molar-refractivity contribution in [2.24, 2.45) is 0 Å². The minimum Gasteiger partial charge on any atom is -0.493 e. The molecule has 0 aliphatic heterocycles.